The number of carbonyl (C=O) groups excluding carboxylic acids is 1. The van der Waals surface area contributed by atoms with Crippen molar-refractivity contribution in [1.82, 2.24) is 5.32 Å². The van der Waals surface area contributed by atoms with Crippen LogP contribution in [-0.4, -0.2) is 19.6 Å². The summed E-state index contributed by atoms with van der Waals surface area (Å²) in [6.45, 7) is 0.461. The third kappa shape index (κ3) is 3.64. The van der Waals surface area contributed by atoms with Crippen LogP contribution in [0, 0.1) is 5.82 Å². The number of halogens is 2. The lowest BCUT2D eigenvalue weighted by Crippen LogP contribution is -2.39. The molecule has 0 atom stereocenters. The highest BCUT2D eigenvalue weighted by molar-refractivity contribution is 6.33. The van der Waals surface area contributed by atoms with Crippen molar-refractivity contribution in [3.8, 4) is 5.75 Å². The van der Waals surface area contributed by atoms with Crippen LogP contribution in [0.3, 0.4) is 0 Å². The van der Waals surface area contributed by atoms with E-state index in [1.165, 1.54) is 23.8 Å². The van der Waals surface area contributed by atoms with Crippen molar-refractivity contribution in [2.75, 3.05) is 13.7 Å². The number of amides is 1. The van der Waals surface area contributed by atoms with Crippen molar-refractivity contribution in [2.45, 2.75) is 31.1 Å². The van der Waals surface area contributed by atoms with Crippen LogP contribution >= 0.6 is 11.6 Å². The molecule has 1 N–H and O–H groups in total. The molecule has 1 aliphatic carbocycles. The van der Waals surface area contributed by atoms with E-state index in [1.807, 2.05) is 24.3 Å². The summed E-state index contributed by atoms with van der Waals surface area (Å²) in [5.74, 6) is -0.267. The van der Waals surface area contributed by atoms with Gasteiger partial charge in [-0.15, -0.1) is 0 Å². The normalized spacial score (nSPS) is 15.8. The average Bonchev–Trinajstić information content (AvgIpc) is 3.10. The molecule has 0 saturated heterocycles. The van der Waals surface area contributed by atoms with Gasteiger partial charge in [0.15, 0.2) is 0 Å². The largest absolute Gasteiger partial charge is 0.497 e. The molecular weight excluding hydrogens is 341 g/mol. The molecule has 1 saturated carbocycles. The van der Waals surface area contributed by atoms with Gasteiger partial charge in [0.2, 0.25) is 0 Å². The third-order valence-corrected chi connectivity index (χ3v) is 5.36. The number of nitrogens with one attached hydrogen (secondary N) is 1. The number of carbonyl (C=O) groups is 1. The minimum atomic E-state index is -0.602. The molecular formula is C20H21ClFNO2. The van der Waals surface area contributed by atoms with Crippen molar-refractivity contribution in [3.05, 3.63) is 64.4 Å². The highest BCUT2D eigenvalue weighted by Gasteiger charge is 2.36. The highest BCUT2D eigenvalue weighted by atomic mass is 35.5. The van der Waals surface area contributed by atoms with Gasteiger partial charge < -0.3 is 10.1 Å². The predicted molar refractivity (Wildman–Crippen MR) is 96.9 cm³/mol. The van der Waals surface area contributed by atoms with Crippen LogP contribution in [0.5, 0.6) is 5.75 Å². The lowest BCUT2D eigenvalue weighted by molar-refractivity contribution is 0.0939. The van der Waals surface area contributed by atoms with E-state index in [0.717, 1.165) is 31.4 Å². The Balaban J connectivity index is 1.79. The summed E-state index contributed by atoms with van der Waals surface area (Å²) in [7, 11) is 1.64. The maximum Gasteiger partial charge on any atom is 0.255 e. The fraction of sp³-hybridized carbons (Fsp3) is 0.350. The first-order chi connectivity index (χ1) is 12.1. The van der Waals surface area contributed by atoms with E-state index < -0.39 is 11.7 Å². The van der Waals surface area contributed by atoms with Gasteiger partial charge in [-0.2, -0.15) is 0 Å². The first kappa shape index (κ1) is 17.7. The molecule has 1 fully saturated rings. The Hall–Kier alpha value is -2.07. The van der Waals surface area contributed by atoms with Crippen molar-refractivity contribution in [1.29, 1.82) is 0 Å². The average molecular weight is 362 g/mol. The maximum absolute atomic E-state index is 13.9. The van der Waals surface area contributed by atoms with Gasteiger partial charge in [-0.25, -0.2) is 4.39 Å². The van der Waals surface area contributed by atoms with E-state index in [0.29, 0.717) is 6.54 Å². The van der Waals surface area contributed by atoms with Crippen molar-refractivity contribution in [2.24, 2.45) is 0 Å². The second-order valence-corrected chi connectivity index (χ2v) is 6.90. The van der Waals surface area contributed by atoms with Gasteiger partial charge >= 0.3 is 0 Å². The second-order valence-electron chi connectivity index (χ2n) is 6.50. The summed E-state index contributed by atoms with van der Waals surface area (Å²) in [5.41, 5.74) is 0.956. The Morgan fingerprint density at radius 1 is 1.20 bits per heavy atom. The first-order valence-corrected chi connectivity index (χ1v) is 8.80. The minimum absolute atomic E-state index is 0.0907. The standard InChI is InChI=1S/C20H21ClFNO2/c1-25-15-9-7-14(8-10-15)20(11-2-3-12-20)13-23-19(24)18-16(21)5-4-6-17(18)22/h4-10H,2-3,11-13H2,1H3,(H,23,24). The Bertz CT molecular complexity index is 735. The Morgan fingerprint density at radius 2 is 1.88 bits per heavy atom. The van der Waals surface area contributed by atoms with Crippen molar-refractivity contribution in [3.63, 3.8) is 0 Å². The van der Waals surface area contributed by atoms with Gasteiger partial charge in [-0.05, 0) is 42.7 Å². The van der Waals surface area contributed by atoms with Crippen LogP contribution in [0.2, 0.25) is 5.02 Å². The Labute approximate surface area is 152 Å². The third-order valence-electron chi connectivity index (χ3n) is 5.04. The first-order valence-electron chi connectivity index (χ1n) is 8.42. The van der Waals surface area contributed by atoms with Gasteiger partial charge in [0.1, 0.15) is 11.6 Å². The molecule has 0 unspecified atom stereocenters. The van der Waals surface area contributed by atoms with E-state index in [4.69, 9.17) is 16.3 Å². The van der Waals surface area contributed by atoms with Crippen molar-refractivity contribution < 1.29 is 13.9 Å². The van der Waals surface area contributed by atoms with Gasteiger partial charge in [0.05, 0.1) is 17.7 Å². The molecule has 1 aliphatic rings. The van der Waals surface area contributed by atoms with Crippen LogP contribution in [0.1, 0.15) is 41.6 Å². The number of ether oxygens (including phenoxy) is 1. The van der Waals surface area contributed by atoms with E-state index in [1.54, 1.807) is 7.11 Å². The summed E-state index contributed by atoms with van der Waals surface area (Å²) in [5, 5.41) is 3.02. The molecule has 0 aliphatic heterocycles. The molecule has 0 radical (unpaired) electrons. The fourth-order valence-corrected chi connectivity index (χ4v) is 3.87. The minimum Gasteiger partial charge on any atom is -0.497 e. The zero-order chi connectivity index (χ0) is 17.9. The topological polar surface area (TPSA) is 38.3 Å². The predicted octanol–water partition coefficient (Wildman–Crippen LogP) is 4.73. The fourth-order valence-electron chi connectivity index (χ4n) is 3.62. The quantitative estimate of drug-likeness (QED) is 0.836. The zero-order valence-corrected chi connectivity index (χ0v) is 14.9. The summed E-state index contributed by atoms with van der Waals surface area (Å²) in [6.07, 6.45) is 4.21. The molecule has 0 heterocycles. The number of benzene rings is 2. The molecule has 132 valence electrons. The Kier molecular flexibility index (Phi) is 5.28. The number of methoxy groups -OCH3 is 1. The van der Waals surface area contributed by atoms with Crippen LogP contribution in [-0.2, 0) is 5.41 Å². The second kappa shape index (κ2) is 7.44. The summed E-state index contributed by atoms with van der Waals surface area (Å²) >= 11 is 5.99. The lowest BCUT2D eigenvalue weighted by atomic mass is 9.78. The molecule has 3 nitrogen and oxygen atoms in total. The maximum atomic E-state index is 13.9. The number of hydrogen-bond donors (Lipinski definition) is 1. The molecule has 2 aromatic carbocycles. The zero-order valence-electron chi connectivity index (χ0n) is 14.1. The lowest BCUT2D eigenvalue weighted by Gasteiger charge is -2.30. The Morgan fingerprint density at radius 3 is 2.48 bits per heavy atom. The number of hydrogen-bond acceptors (Lipinski definition) is 2. The van der Waals surface area contributed by atoms with E-state index >= 15 is 0 Å². The summed E-state index contributed by atoms with van der Waals surface area (Å²) in [6, 6.07) is 12.2. The van der Waals surface area contributed by atoms with Crippen molar-refractivity contribution >= 4 is 17.5 Å². The monoisotopic (exact) mass is 361 g/mol. The number of rotatable bonds is 5. The van der Waals surface area contributed by atoms with E-state index in [9.17, 15) is 9.18 Å². The molecule has 5 heteroatoms. The molecule has 0 spiro atoms. The van der Waals surface area contributed by atoms with E-state index in [-0.39, 0.29) is 16.0 Å². The summed E-state index contributed by atoms with van der Waals surface area (Å²) < 4.78 is 19.2. The van der Waals surface area contributed by atoms with Crippen LogP contribution < -0.4 is 10.1 Å². The molecule has 2 aromatic rings. The van der Waals surface area contributed by atoms with Crippen LogP contribution in [0.25, 0.3) is 0 Å². The smallest absolute Gasteiger partial charge is 0.255 e. The van der Waals surface area contributed by atoms with Crippen LogP contribution in [0.4, 0.5) is 4.39 Å². The van der Waals surface area contributed by atoms with Crippen LogP contribution in [0.15, 0.2) is 42.5 Å². The summed E-state index contributed by atoms with van der Waals surface area (Å²) in [4.78, 5) is 12.5. The molecule has 0 aromatic heterocycles. The molecule has 3 rings (SSSR count). The highest BCUT2D eigenvalue weighted by Crippen LogP contribution is 2.41. The van der Waals surface area contributed by atoms with Gasteiger partial charge in [-0.3, -0.25) is 4.79 Å². The molecule has 0 bridgehead atoms. The SMILES string of the molecule is COc1ccc(C2(CNC(=O)c3c(F)cccc3Cl)CCCC2)cc1. The molecule has 1 amide bonds. The van der Waals surface area contributed by atoms with Gasteiger partial charge in [-0.1, -0.05) is 42.6 Å². The van der Waals surface area contributed by atoms with E-state index in [2.05, 4.69) is 5.32 Å². The van der Waals surface area contributed by atoms with Gasteiger partial charge in [0, 0.05) is 12.0 Å². The van der Waals surface area contributed by atoms with Gasteiger partial charge in [0.25, 0.3) is 5.91 Å². The molecule has 25 heavy (non-hydrogen) atoms.